The van der Waals surface area contributed by atoms with Crippen molar-refractivity contribution in [1.82, 2.24) is 9.78 Å². The molecule has 0 bridgehead atoms. The first kappa shape index (κ1) is 8.72. The summed E-state index contributed by atoms with van der Waals surface area (Å²) in [4.78, 5) is 0. The number of aromatic nitrogens is 2. The average molecular weight is 181 g/mol. The number of rotatable bonds is 1. The molecule has 1 aliphatic heterocycles. The summed E-state index contributed by atoms with van der Waals surface area (Å²) in [5, 5.41) is 4.13. The molecule has 72 valence electrons. The Hall–Kier alpha value is -0.870. The predicted octanol–water partition coefficient (Wildman–Crippen LogP) is 0.384. The first-order valence-corrected chi connectivity index (χ1v) is 4.56. The van der Waals surface area contributed by atoms with E-state index >= 15 is 0 Å². The Morgan fingerprint density at radius 1 is 1.54 bits per heavy atom. The van der Waals surface area contributed by atoms with Crippen LogP contribution < -0.4 is 5.73 Å². The van der Waals surface area contributed by atoms with Crippen LogP contribution in [0.4, 0.5) is 0 Å². The molecule has 1 fully saturated rings. The van der Waals surface area contributed by atoms with Crippen molar-refractivity contribution in [2.24, 2.45) is 12.8 Å². The summed E-state index contributed by atoms with van der Waals surface area (Å²) in [5.74, 6) is 0. The molecule has 1 saturated heterocycles. The predicted molar refractivity (Wildman–Crippen MR) is 49.1 cm³/mol. The van der Waals surface area contributed by atoms with Gasteiger partial charge in [0.15, 0.2) is 0 Å². The molecule has 0 aliphatic carbocycles. The number of nitrogens with zero attached hydrogens (tertiary/aromatic N) is 2. The van der Waals surface area contributed by atoms with Gasteiger partial charge in [0.1, 0.15) is 0 Å². The van der Waals surface area contributed by atoms with E-state index in [0.717, 1.165) is 31.6 Å². The third kappa shape index (κ3) is 1.59. The number of ether oxygens (including phenoxy) is 1. The smallest absolute Gasteiger partial charge is 0.0540 e. The molecule has 0 unspecified atom stereocenters. The second kappa shape index (κ2) is 3.12. The Kier molecular flexibility index (Phi) is 2.09. The van der Waals surface area contributed by atoms with Crippen LogP contribution in [0.3, 0.4) is 0 Å². The Balaban J connectivity index is 2.22. The van der Waals surface area contributed by atoms with Crippen molar-refractivity contribution in [3.05, 3.63) is 18.0 Å². The standard InChI is InChI=1S/C9H15N3O/c1-12-7-8(6-11-12)9(10)2-4-13-5-3-9/h6-7H,2-5,10H2,1H3. The lowest BCUT2D eigenvalue weighted by atomic mass is 9.86. The summed E-state index contributed by atoms with van der Waals surface area (Å²) < 4.78 is 7.08. The molecule has 1 aliphatic rings. The molecular formula is C9H15N3O. The number of aryl methyl sites for hydroxylation is 1. The van der Waals surface area contributed by atoms with Gasteiger partial charge >= 0.3 is 0 Å². The van der Waals surface area contributed by atoms with Crippen molar-refractivity contribution >= 4 is 0 Å². The molecule has 1 aromatic rings. The van der Waals surface area contributed by atoms with Gasteiger partial charge < -0.3 is 10.5 Å². The van der Waals surface area contributed by atoms with Gasteiger partial charge in [-0.3, -0.25) is 4.68 Å². The summed E-state index contributed by atoms with van der Waals surface area (Å²) in [7, 11) is 1.91. The Morgan fingerprint density at radius 3 is 2.77 bits per heavy atom. The van der Waals surface area contributed by atoms with E-state index in [2.05, 4.69) is 5.10 Å². The van der Waals surface area contributed by atoms with Crippen LogP contribution in [0.1, 0.15) is 18.4 Å². The highest BCUT2D eigenvalue weighted by molar-refractivity contribution is 5.17. The minimum atomic E-state index is -0.216. The maximum absolute atomic E-state index is 6.26. The lowest BCUT2D eigenvalue weighted by Crippen LogP contribution is -2.41. The molecule has 0 aromatic carbocycles. The molecule has 0 saturated carbocycles. The molecule has 2 N–H and O–H groups in total. The Morgan fingerprint density at radius 2 is 2.23 bits per heavy atom. The largest absolute Gasteiger partial charge is 0.381 e. The van der Waals surface area contributed by atoms with Gasteiger partial charge in [0.2, 0.25) is 0 Å². The number of nitrogens with two attached hydrogens (primary N) is 1. The van der Waals surface area contributed by atoms with Crippen molar-refractivity contribution in [1.29, 1.82) is 0 Å². The van der Waals surface area contributed by atoms with Gasteiger partial charge in [-0.15, -0.1) is 0 Å². The van der Waals surface area contributed by atoms with Crippen LogP contribution in [0.5, 0.6) is 0 Å². The highest BCUT2D eigenvalue weighted by atomic mass is 16.5. The Bertz CT molecular complexity index is 289. The third-order valence-corrected chi connectivity index (χ3v) is 2.66. The Labute approximate surface area is 77.7 Å². The molecule has 0 amide bonds. The summed E-state index contributed by atoms with van der Waals surface area (Å²) in [6.07, 6.45) is 5.62. The van der Waals surface area contributed by atoms with E-state index < -0.39 is 0 Å². The van der Waals surface area contributed by atoms with Crippen LogP contribution in [-0.4, -0.2) is 23.0 Å². The monoisotopic (exact) mass is 181 g/mol. The van der Waals surface area contributed by atoms with E-state index in [1.165, 1.54) is 0 Å². The van der Waals surface area contributed by atoms with E-state index in [4.69, 9.17) is 10.5 Å². The van der Waals surface area contributed by atoms with Gasteiger partial charge in [0, 0.05) is 37.6 Å². The van der Waals surface area contributed by atoms with E-state index in [1.807, 2.05) is 19.4 Å². The number of hydrogen-bond acceptors (Lipinski definition) is 3. The zero-order chi connectivity index (χ0) is 9.31. The molecule has 1 aromatic heterocycles. The highest BCUT2D eigenvalue weighted by Crippen LogP contribution is 2.28. The van der Waals surface area contributed by atoms with Gasteiger partial charge in [-0.25, -0.2) is 0 Å². The third-order valence-electron chi connectivity index (χ3n) is 2.66. The topological polar surface area (TPSA) is 53.1 Å². The molecular weight excluding hydrogens is 166 g/mol. The second-order valence-corrected chi connectivity index (χ2v) is 3.67. The maximum atomic E-state index is 6.26. The van der Waals surface area contributed by atoms with Gasteiger partial charge in [-0.2, -0.15) is 5.10 Å². The minimum Gasteiger partial charge on any atom is -0.381 e. The van der Waals surface area contributed by atoms with Crippen LogP contribution >= 0.6 is 0 Å². The van der Waals surface area contributed by atoms with Gasteiger partial charge in [-0.1, -0.05) is 0 Å². The van der Waals surface area contributed by atoms with Crippen molar-refractivity contribution < 1.29 is 4.74 Å². The first-order chi connectivity index (χ1) is 6.21. The normalized spacial score (nSPS) is 21.7. The summed E-state index contributed by atoms with van der Waals surface area (Å²) in [6.45, 7) is 1.51. The molecule has 4 heteroatoms. The molecule has 2 rings (SSSR count). The van der Waals surface area contributed by atoms with Crippen LogP contribution in [0.2, 0.25) is 0 Å². The summed E-state index contributed by atoms with van der Waals surface area (Å²) in [6, 6.07) is 0. The van der Waals surface area contributed by atoms with E-state index in [9.17, 15) is 0 Å². The molecule has 4 nitrogen and oxygen atoms in total. The quantitative estimate of drug-likeness (QED) is 0.681. The average Bonchev–Trinajstić information content (AvgIpc) is 2.54. The van der Waals surface area contributed by atoms with Gasteiger partial charge in [0.25, 0.3) is 0 Å². The first-order valence-electron chi connectivity index (χ1n) is 4.56. The zero-order valence-electron chi connectivity index (χ0n) is 7.86. The lowest BCUT2D eigenvalue weighted by Gasteiger charge is -2.32. The minimum absolute atomic E-state index is 0.216. The van der Waals surface area contributed by atoms with E-state index in [1.54, 1.807) is 4.68 Å². The summed E-state index contributed by atoms with van der Waals surface area (Å²) >= 11 is 0. The highest BCUT2D eigenvalue weighted by Gasteiger charge is 2.30. The molecule has 13 heavy (non-hydrogen) atoms. The van der Waals surface area contributed by atoms with Crippen molar-refractivity contribution in [3.63, 3.8) is 0 Å². The fourth-order valence-corrected chi connectivity index (χ4v) is 1.70. The van der Waals surface area contributed by atoms with Crippen LogP contribution in [0.25, 0.3) is 0 Å². The van der Waals surface area contributed by atoms with Crippen molar-refractivity contribution in [2.45, 2.75) is 18.4 Å². The van der Waals surface area contributed by atoms with Gasteiger partial charge in [-0.05, 0) is 12.8 Å². The van der Waals surface area contributed by atoms with Crippen LogP contribution in [-0.2, 0) is 17.3 Å². The van der Waals surface area contributed by atoms with Gasteiger partial charge in [0.05, 0.1) is 6.20 Å². The SMILES string of the molecule is Cn1cc(C2(N)CCOCC2)cn1. The van der Waals surface area contributed by atoms with E-state index in [0.29, 0.717) is 0 Å². The second-order valence-electron chi connectivity index (χ2n) is 3.67. The van der Waals surface area contributed by atoms with Crippen LogP contribution in [0, 0.1) is 0 Å². The number of hydrogen-bond donors (Lipinski definition) is 1. The summed E-state index contributed by atoms with van der Waals surface area (Å²) in [5.41, 5.74) is 7.17. The van der Waals surface area contributed by atoms with Crippen LogP contribution in [0.15, 0.2) is 12.4 Å². The van der Waals surface area contributed by atoms with E-state index in [-0.39, 0.29) is 5.54 Å². The van der Waals surface area contributed by atoms with Crippen molar-refractivity contribution in [3.8, 4) is 0 Å². The molecule has 0 radical (unpaired) electrons. The fraction of sp³-hybridized carbons (Fsp3) is 0.667. The maximum Gasteiger partial charge on any atom is 0.0540 e. The molecule has 0 spiro atoms. The zero-order valence-corrected chi connectivity index (χ0v) is 7.86. The van der Waals surface area contributed by atoms with Crippen molar-refractivity contribution in [2.75, 3.05) is 13.2 Å². The molecule has 0 atom stereocenters. The molecule has 2 heterocycles. The lowest BCUT2D eigenvalue weighted by molar-refractivity contribution is 0.0522. The fourth-order valence-electron chi connectivity index (χ4n) is 1.70.